The van der Waals surface area contributed by atoms with Crippen LogP contribution in [0.4, 0.5) is 17.1 Å². The number of hydrogen-bond acceptors (Lipinski definition) is 3. The molecule has 0 aliphatic heterocycles. The predicted molar refractivity (Wildman–Crippen MR) is 91.8 cm³/mol. The number of nitro benzene ring substituents is 1. The number of non-ortho nitro benzene ring substituents is 1. The van der Waals surface area contributed by atoms with Gasteiger partial charge < -0.3 is 10.6 Å². The zero-order chi connectivity index (χ0) is 15.4. The third-order valence-corrected chi connectivity index (χ3v) is 3.50. The molecule has 108 valence electrons. The molecule has 0 aliphatic carbocycles. The van der Waals surface area contributed by atoms with Crippen LogP contribution in [0, 0.1) is 17.0 Å². The fourth-order valence-electron chi connectivity index (χ4n) is 1.72. The van der Waals surface area contributed by atoms with E-state index in [0.717, 1.165) is 21.4 Å². The highest BCUT2D eigenvalue weighted by atomic mass is 79.9. The smallest absolute Gasteiger partial charge is 0.269 e. The summed E-state index contributed by atoms with van der Waals surface area (Å²) >= 11 is 8.59. The molecule has 0 aliphatic rings. The number of nitro groups is 1. The van der Waals surface area contributed by atoms with Crippen molar-refractivity contribution in [1.29, 1.82) is 0 Å². The van der Waals surface area contributed by atoms with Gasteiger partial charge in [-0.1, -0.05) is 15.9 Å². The molecular formula is C14H12BrN3O2S. The first-order valence-electron chi connectivity index (χ1n) is 6.04. The molecule has 0 radical (unpaired) electrons. The lowest BCUT2D eigenvalue weighted by molar-refractivity contribution is -0.384. The Kier molecular flexibility index (Phi) is 4.87. The largest absolute Gasteiger partial charge is 0.332 e. The fraction of sp³-hybridized carbons (Fsp3) is 0.0714. The average molecular weight is 366 g/mol. The minimum absolute atomic E-state index is 0.0600. The maximum Gasteiger partial charge on any atom is 0.269 e. The second-order valence-electron chi connectivity index (χ2n) is 4.34. The predicted octanol–water partition coefficient (Wildman–Crippen LogP) is 4.47. The Bertz CT molecular complexity index is 689. The van der Waals surface area contributed by atoms with E-state index in [9.17, 15) is 10.1 Å². The zero-order valence-corrected chi connectivity index (χ0v) is 13.5. The van der Waals surface area contributed by atoms with Gasteiger partial charge in [0.15, 0.2) is 5.11 Å². The molecule has 21 heavy (non-hydrogen) atoms. The molecule has 0 fully saturated rings. The summed E-state index contributed by atoms with van der Waals surface area (Å²) in [5.74, 6) is 0. The number of rotatable bonds is 3. The molecule has 0 saturated carbocycles. The summed E-state index contributed by atoms with van der Waals surface area (Å²) < 4.78 is 0.984. The minimum atomic E-state index is -0.421. The summed E-state index contributed by atoms with van der Waals surface area (Å²) in [6.45, 7) is 1.79. The van der Waals surface area contributed by atoms with Crippen LogP contribution in [-0.2, 0) is 0 Å². The van der Waals surface area contributed by atoms with Gasteiger partial charge >= 0.3 is 0 Å². The minimum Gasteiger partial charge on any atom is -0.332 e. The second-order valence-corrected chi connectivity index (χ2v) is 5.67. The van der Waals surface area contributed by atoms with Crippen molar-refractivity contribution in [2.24, 2.45) is 0 Å². The molecule has 2 N–H and O–H groups in total. The van der Waals surface area contributed by atoms with Crippen LogP contribution in [0.1, 0.15) is 5.56 Å². The fourth-order valence-corrected chi connectivity index (χ4v) is 2.21. The summed E-state index contributed by atoms with van der Waals surface area (Å²) in [7, 11) is 0. The first kappa shape index (κ1) is 15.4. The molecule has 0 aromatic heterocycles. The molecule has 0 unspecified atom stereocenters. The van der Waals surface area contributed by atoms with Gasteiger partial charge in [-0.15, -0.1) is 0 Å². The molecule has 0 atom stereocenters. The third-order valence-electron chi connectivity index (χ3n) is 2.77. The Morgan fingerprint density at radius 1 is 1.19 bits per heavy atom. The number of benzene rings is 2. The van der Waals surface area contributed by atoms with Gasteiger partial charge in [-0.25, -0.2) is 0 Å². The van der Waals surface area contributed by atoms with Gasteiger partial charge in [0.1, 0.15) is 0 Å². The molecule has 2 rings (SSSR count). The Hall–Kier alpha value is -1.99. The van der Waals surface area contributed by atoms with Gasteiger partial charge in [-0.3, -0.25) is 10.1 Å². The zero-order valence-electron chi connectivity index (χ0n) is 11.1. The van der Waals surface area contributed by atoms with Crippen LogP contribution in [-0.4, -0.2) is 10.0 Å². The van der Waals surface area contributed by atoms with Crippen molar-refractivity contribution in [2.45, 2.75) is 6.92 Å². The van der Waals surface area contributed by atoms with Gasteiger partial charge in [-0.05, 0) is 55.0 Å². The molecule has 0 bridgehead atoms. The maximum absolute atomic E-state index is 10.7. The van der Waals surface area contributed by atoms with E-state index in [-0.39, 0.29) is 5.69 Å². The number of aryl methyl sites for hydroxylation is 1. The van der Waals surface area contributed by atoms with E-state index < -0.39 is 4.92 Å². The molecule has 2 aromatic rings. The average Bonchev–Trinajstić information content (AvgIpc) is 2.43. The molecule has 0 spiro atoms. The lowest BCUT2D eigenvalue weighted by Crippen LogP contribution is -2.19. The van der Waals surface area contributed by atoms with E-state index in [2.05, 4.69) is 26.6 Å². The number of halogens is 1. The molecule has 0 saturated heterocycles. The summed E-state index contributed by atoms with van der Waals surface area (Å²) in [4.78, 5) is 10.3. The second kappa shape index (κ2) is 6.64. The quantitative estimate of drug-likeness (QED) is 0.477. The van der Waals surface area contributed by atoms with Gasteiger partial charge in [-0.2, -0.15) is 0 Å². The molecule has 7 heteroatoms. The molecule has 0 heterocycles. The molecular weight excluding hydrogens is 354 g/mol. The standard InChI is InChI=1S/C14H12BrN3O2S/c1-9-8-12(18(19)20)6-7-13(9)17-14(21)16-11-4-2-10(15)3-5-11/h2-8H,1H3,(H2,16,17,21). The van der Waals surface area contributed by atoms with E-state index in [1.807, 2.05) is 24.3 Å². The van der Waals surface area contributed by atoms with Crippen molar-refractivity contribution in [2.75, 3.05) is 10.6 Å². The van der Waals surface area contributed by atoms with Gasteiger partial charge in [0.25, 0.3) is 5.69 Å². The van der Waals surface area contributed by atoms with E-state index in [1.165, 1.54) is 12.1 Å². The SMILES string of the molecule is Cc1cc([N+](=O)[O-])ccc1NC(=S)Nc1ccc(Br)cc1. The third kappa shape index (κ3) is 4.24. The van der Waals surface area contributed by atoms with Crippen molar-refractivity contribution in [1.82, 2.24) is 0 Å². The van der Waals surface area contributed by atoms with Crippen molar-refractivity contribution >= 4 is 50.3 Å². The number of nitrogens with one attached hydrogen (secondary N) is 2. The van der Waals surface area contributed by atoms with E-state index in [4.69, 9.17) is 12.2 Å². The highest BCUT2D eigenvalue weighted by Crippen LogP contribution is 2.21. The normalized spacial score (nSPS) is 10.0. The maximum atomic E-state index is 10.7. The van der Waals surface area contributed by atoms with Crippen LogP contribution in [0.2, 0.25) is 0 Å². The van der Waals surface area contributed by atoms with Crippen molar-refractivity contribution in [3.8, 4) is 0 Å². The van der Waals surface area contributed by atoms with Crippen LogP contribution in [0.3, 0.4) is 0 Å². The lowest BCUT2D eigenvalue weighted by atomic mass is 10.2. The van der Waals surface area contributed by atoms with Crippen molar-refractivity contribution in [3.05, 3.63) is 62.6 Å². The Labute approximate surface area is 135 Å². The first-order valence-corrected chi connectivity index (χ1v) is 7.24. The summed E-state index contributed by atoms with van der Waals surface area (Å²) in [5, 5.41) is 17.2. The van der Waals surface area contributed by atoms with Gasteiger partial charge in [0.05, 0.1) is 4.92 Å². The Morgan fingerprint density at radius 3 is 2.43 bits per heavy atom. The van der Waals surface area contributed by atoms with E-state index in [1.54, 1.807) is 13.0 Å². The van der Waals surface area contributed by atoms with Crippen molar-refractivity contribution in [3.63, 3.8) is 0 Å². The highest BCUT2D eigenvalue weighted by molar-refractivity contribution is 9.10. The number of thiocarbonyl (C=S) groups is 1. The lowest BCUT2D eigenvalue weighted by Gasteiger charge is -2.12. The summed E-state index contributed by atoms with van der Waals surface area (Å²) in [6, 6.07) is 12.2. The molecule has 2 aromatic carbocycles. The summed E-state index contributed by atoms with van der Waals surface area (Å²) in [5.41, 5.74) is 2.40. The van der Waals surface area contributed by atoms with Crippen LogP contribution in [0.25, 0.3) is 0 Å². The van der Waals surface area contributed by atoms with Crippen LogP contribution in [0.15, 0.2) is 46.9 Å². The van der Waals surface area contributed by atoms with Gasteiger partial charge in [0, 0.05) is 28.0 Å². The van der Waals surface area contributed by atoms with Crippen LogP contribution in [0.5, 0.6) is 0 Å². The Morgan fingerprint density at radius 2 is 1.86 bits per heavy atom. The number of nitrogens with zero attached hydrogens (tertiary/aromatic N) is 1. The van der Waals surface area contributed by atoms with Gasteiger partial charge in [0.2, 0.25) is 0 Å². The number of hydrogen-bond donors (Lipinski definition) is 2. The van der Waals surface area contributed by atoms with Crippen molar-refractivity contribution < 1.29 is 4.92 Å². The monoisotopic (exact) mass is 365 g/mol. The van der Waals surface area contributed by atoms with Crippen LogP contribution < -0.4 is 10.6 Å². The Balaban J connectivity index is 2.06. The topological polar surface area (TPSA) is 67.2 Å². The van der Waals surface area contributed by atoms with Crippen LogP contribution >= 0.6 is 28.1 Å². The summed E-state index contributed by atoms with van der Waals surface area (Å²) in [6.07, 6.45) is 0. The highest BCUT2D eigenvalue weighted by Gasteiger charge is 2.08. The number of anilines is 2. The molecule has 0 amide bonds. The van der Waals surface area contributed by atoms with E-state index in [0.29, 0.717) is 5.11 Å². The molecule has 5 nitrogen and oxygen atoms in total. The van der Waals surface area contributed by atoms with E-state index >= 15 is 0 Å². The first-order chi connectivity index (χ1) is 9.95.